The first-order valence-corrected chi connectivity index (χ1v) is 9.87. The summed E-state index contributed by atoms with van der Waals surface area (Å²) in [5.41, 5.74) is 1.73. The van der Waals surface area contributed by atoms with E-state index in [0.29, 0.717) is 0 Å². The Kier molecular flexibility index (Phi) is 6.52. The van der Waals surface area contributed by atoms with Crippen molar-refractivity contribution in [2.24, 2.45) is 0 Å². The van der Waals surface area contributed by atoms with Crippen molar-refractivity contribution in [1.82, 2.24) is 10.0 Å². The van der Waals surface area contributed by atoms with Crippen molar-refractivity contribution < 1.29 is 13.2 Å². The molecule has 2 rings (SSSR count). The summed E-state index contributed by atoms with van der Waals surface area (Å²) in [4.78, 5) is 12.2. The number of carbonyl (C=O) groups is 1. The van der Waals surface area contributed by atoms with E-state index in [1.807, 2.05) is 31.2 Å². The molecule has 0 bridgehead atoms. The van der Waals surface area contributed by atoms with Crippen molar-refractivity contribution >= 4 is 37.9 Å². The van der Waals surface area contributed by atoms with E-state index in [0.717, 1.165) is 15.6 Å². The Morgan fingerprint density at radius 2 is 1.76 bits per heavy atom. The van der Waals surface area contributed by atoms with Crippen LogP contribution >= 0.6 is 15.9 Å². The lowest BCUT2D eigenvalue weighted by atomic mass is 10.1. The molecule has 0 saturated carbocycles. The number of nitrogens with one attached hydrogen (secondary N) is 2. The average molecular weight is 423 g/mol. The number of carbonyl (C=O) groups excluding carboxylic acids is 1. The van der Waals surface area contributed by atoms with Crippen molar-refractivity contribution in [2.75, 3.05) is 7.05 Å². The molecule has 0 spiro atoms. The molecule has 0 aliphatic heterocycles. The van der Waals surface area contributed by atoms with Gasteiger partial charge in [-0.1, -0.05) is 46.3 Å². The second-order valence-corrected chi connectivity index (χ2v) is 8.10. The van der Waals surface area contributed by atoms with Gasteiger partial charge in [-0.05, 0) is 49.4 Å². The maximum absolute atomic E-state index is 12.1. The Labute approximate surface area is 156 Å². The van der Waals surface area contributed by atoms with E-state index in [-0.39, 0.29) is 16.8 Å². The minimum atomic E-state index is -3.45. The molecule has 0 radical (unpaired) electrons. The molecule has 0 fully saturated rings. The fourth-order valence-corrected chi connectivity index (χ4v) is 3.57. The van der Waals surface area contributed by atoms with Gasteiger partial charge in [0.2, 0.25) is 15.9 Å². The molecule has 7 heteroatoms. The summed E-state index contributed by atoms with van der Waals surface area (Å²) in [6.45, 7) is 1.91. The smallest absolute Gasteiger partial charge is 0.244 e. The van der Waals surface area contributed by atoms with Crippen molar-refractivity contribution in [2.45, 2.75) is 17.9 Å². The van der Waals surface area contributed by atoms with Gasteiger partial charge in [0, 0.05) is 10.5 Å². The van der Waals surface area contributed by atoms with Crippen LogP contribution in [0, 0.1) is 0 Å². The Bertz CT molecular complexity index is 877. The van der Waals surface area contributed by atoms with Crippen LogP contribution in [0.4, 0.5) is 0 Å². The van der Waals surface area contributed by atoms with E-state index in [9.17, 15) is 13.2 Å². The molecule has 5 nitrogen and oxygen atoms in total. The van der Waals surface area contributed by atoms with E-state index < -0.39 is 10.0 Å². The summed E-state index contributed by atoms with van der Waals surface area (Å²) >= 11 is 3.47. The zero-order chi connectivity index (χ0) is 18.4. The normalized spacial score (nSPS) is 12.9. The minimum absolute atomic E-state index is 0.143. The highest BCUT2D eigenvalue weighted by Crippen LogP contribution is 2.22. The molecule has 1 atom stereocenters. The first kappa shape index (κ1) is 19.4. The SMILES string of the molecule is CNS(=O)(=O)c1ccc(/C=C/C(=O)NC(C)c2ccccc2Br)cc1. The van der Waals surface area contributed by atoms with E-state index in [2.05, 4.69) is 26.0 Å². The number of rotatable bonds is 6. The number of hydrogen-bond acceptors (Lipinski definition) is 3. The standard InChI is InChI=1S/C18H19BrN2O3S/c1-13(16-5-3-4-6-17(16)19)21-18(22)12-9-14-7-10-15(11-8-14)25(23,24)20-2/h3-13,20H,1-2H3,(H,21,22)/b12-9+. The van der Waals surface area contributed by atoms with Gasteiger partial charge in [-0.25, -0.2) is 13.1 Å². The van der Waals surface area contributed by atoms with Crippen LogP contribution in [0.5, 0.6) is 0 Å². The Hall–Kier alpha value is -1.96. The lowest BCUT2D eigenvalue weighted by Crippen LogP contribution is -2.24. The van der Waals surface area contributed by atoms with Gasteiger partial charge in [-0.2, -0.15) is 0 Å². The summed E-state index contributed by atoms with van der Waals surface area (Å²) in [6.07, 6.45) is 3.06. The highest BCUT2D eigenvalue weighted by molar-refractivity contribution is 9.10. The molecular formula is C18H19BrN2O3S. The largest absolute Gasteiger partial charge is 0.346 e. The fraction of sp³-hybridized carbons (Fsp3) is 0.167. The van der Waals surface area contributed by atoms with E-state index in [1.165, 1.54) is 25.3 Å². The fourth-order valence-electron chi connectivity index (χ4n) is 2.21. The number of sulfonamides is 1. The summed E-state index contributed by atoms with van der Waals surface area (Å²) in [7, 11) is -2.09. The van der Waals surface area contributed by atoms with Gasteiger partial charge in [-0.3, -0.25) is 4.79 Å². The molecule has 0 aliphatic rings. The highest BCUT2D eigenvalue weighted by Gasteiger charge is 2.11. The molecule has 0 aromatic heterocycles. The molecule has 132 valence electrons. The second kappa shape index (κ2) is 8.42. The molecule has 2 N–H and O–H groups in total. The molecule has 1 unspecified atom stereocenters. The van der Waals surface area contributed by atoms with Gasteiger partial charge in [0.15, 0.2) is 0 Å². The van der Waals surface area contributed by atoms with Crippen LogP contribution in [0.2, 0.25) is 0 Å². The van der Waals surface area contributed by atoms with Crippen LogP contribution in [-0.4, -0.2) is 21.4 Å². The van der Waals surface area contributed by atoms with Gasteiger partial charge < -0.3 is 5.32 Å². The number of halogens is 1. The van der Waals surface area contributed by atoms with E-state index in [1.54, 1.807) is 18.2 Å². The van der Waals surface area contributed by atoms with Crippen LogP contribution in [0.3, 0.4) is 0 Å². The summed E-state index contributed by atoms with van der Waals surface area (Å²) < 4.78 is 26.5. The van der Waals surface area contributed by atoms with Gasteiger partial charge in [0.1, 0.15) is 0 Å². The van der Waals surface area contributed by atoms with E-state index in [4.69, 9.17) is 0 Å². The summed E-state index contributed by atoms with van der Waals surface area (Å²) in [5.74, 6) is -0.227. The lowest BCUT2D eigenvalue weighted by Gasteiger charge is -2.14. The zero-order valence-corrected chi connectivity index (χ0v) is 16.3. The van der Waals surface area contributed by atoms with Crippen molar-refractivity contribution in [1.29, 1.82) is 0 Å². The number of amides is 1. The molecule has 2 aromatic rings. The van der Waals surface area contributed by atoms with Gasteiger partial charge in [0.25, 0.3) is 0 Å². The average Bonchev–Trinajstić information content (AvgIpc) is 2.60. The predicted octanol–water partition coefficient (Wildman–Crippen LogP) is 3.25. The van der Waals surface area contributed by atoms with Crippen molar-refractivity contribution in [3.05, 3.63) is 70.2 Å². The maximum Gasteiger partial charge on any atom is 0.244 e. The Morgan fingerprint density at radius 1 is 1.12 bits per heavy atom. The van der Waals surface area contributed by atoms with Crippen LogP contribution in [-0.2, 0) is 14.8 Å². The lowest BCUT2D eigenvalue weighted by molar-refractivity contribution is -0.117. The van der Waals surface area contributed by atoms with Crippen LogP contribution < -0.4 is 10.0 Å². The molecule has 0 heterocycles. The molecule has 0 saturated heterocycles. The first-order valence-electron chi connectivity index (χ1n) is 7.60. The molecule has 1 amide bonds. The molecule has 25 heavy (non-hydrogen) atoms. The predicted molar refractivity (Wildman–Crippen MR) is 102 cm³/mol. The zero-order valence-electron chi connectivity index (χ0n) is 13.9. The van der Waals surface area contributed by atoms with Gasteiger partial charge >= 0.3 is 0 Å². The maximum atomic E-state index is 12.1. The quantitative estimate of drug-likeness (QED) is 0.701. The highest BCUT2D eigenvalue weighted by atomic mass is 79.9. The monoisotopic (exact) mass is 422 g/mol. The summed E-state index contributed by atoms with van der Waals surface area (Å²) in [6, 6.07) is 13.8. The Morgan fingerprint density at radius 3 is 2.36 bits per heavy atom. The third kappa shape index (κ3) is 5.26. The van der Waals surface area contributed by atoms with Crippen molar-refractivity contribution in [3.8, 4) is 0 Å². The third-order valence-electron chi connectivity index (χ3n) is 3.62. The minimum Gasteiger partial charge on any atom is -0.346 e. The van der Waals surface area contributed by atoms with Crippen molar-refractivity contribution in [3.63, 3.8) is 0 Å². The van der Waals surface area contributed by atoms with Gasteiger partial charge in [0.05, 0.1) is 10.9 Å². The molecule has 2 aromatic carbocycles. The number of benzene rings is 2. The van der Waals surface area contributed by atoms with Crippen LogP contribution in [0.1, 0.15) is 24.1 Å². The first-order chi connectivity index (χ1) is 11.8. The van der Waals surface area contributed by atoms with Crippen LogP contribution in [0.25, 0.3) is 6.08 Å². The topological polar surface area (TPSA) is 75.3 Å². The van der Waals surface area contributed by atoms with Gasteiger partial charge in [-0.15, -0.1) is 0 Å². The third-order valence-corrected chi connectivity index (χ3v) is 5.77. The molecule has 0 aliphatic carbocycles. The van der Waals surface area contributed by atoms with E-state index >= 15 is 0 Å². The molecular weight excluding hydrogens is 404 g/mol. The van der Waals surface area contributed by atoms with Crippen LogP contribution in [0.15, 0.2) is 64.0 Å². The number of hydrogen-bond donors (Lipinski definition) is 2. The second-order valence-electron chi connectivity index (χ2n) is 5.36. The Balaban J connectivity index is 2.02. The summed E-state index contributed by atoms with van der Waals surface area (Å²) in [5, 5.41) is 2.89.